The van der Waals surface area contributed by atoms with Gasteiger partial charge in [-0.05, 0) is 25.8 Å². The molecule has 0 amide bonds. The Labute approximate surface area is 160 Å². The molecule has 0 aliphatic carbocycles. The molecule has 1 unspecified atom stereocenters. The second kappa shape index (κ2) is 8.04. The summed E-state index contributed by atoms with van der Waals surface area (Å²) in [5, 5.41) is 0. The largest absolute Gasteiger partial charge is 0.378 e. The van der Waals surface area contributed by atoms with Crippen LogP contribution in [-0.2, 0) is 4.74 Å². The van der Waals surface area contributed by atoms with Crippen LogP contribution in [0.3, 0.4) is 0 Å². The maximum absolute atomic E-state index is 5.44. The minimum absolute atomic E-state index is 0.348. The van der Waals surface area contributed by atoms with Gasteiger partial charge in [-0.25, -0.2) is 9.97 Å². The van der Waals surface area contributed by atoms with Crippen molar-refractivity contribution in [2.45, 2.75) is 25.8 Å². The first-order valence-corrected chi connectivity index (χ1v) is 9.63. The van der Waals surface area contributed by atoms with Gasteiger partial charge in [0.05, 0.1) is 25.1 Å². The molecule has 2 aliphatic heterocycles. The summed E-state index contributed by atoms with van der Waals surface area (Å²) in [6.45, 7) is 7.16. The quantitative estimate of drug-likeness (QED) is 0.803. The van der Waals surface area contributed by atoms with Gasteiger partial charge in [0.25, 0.3) is 0 Å². The van der Waals surface area contributed by atoms with E-state index in [9.17, 15) is 0 Å². The lowest BCUT2D eigenvalue weighted by Gasteiger charge is -2.38. The van der Waals surface area contributed by atoms with Gasteiger partial charge in [0, 0.05) is 51.7 Å². The number of anilines is 3. The van der Waals surface area contributed by atoms with Crippen molar-refractivity contribution in [3.63, 3.8) is 0 Å². The first kappa shape index (κ1) is 17.9. The Morgan fingerprint density at radius 3 is 2.74 bits per heavy atom. The highest BCUT2D eigenvalue weighted by Crippen LogP contribution is 2.23. The Kier molecular flexibility index (Phi) is 5.33. The maximum Gasteiger partial charge on any atom is 0.227 e. The van der Waals surface area contributed by atoms with Crippen LogP contribution in [0.1, 0.15) is 18.5 Å². The summed E-state index contributed by atoms with van der Waals surface area (Å²) in [6.07, 6.45) is 7.74. The first-order valence-electron chi connectivity index (χ1n) is 9.63. The van der Waals surface area contributed by atoms with E-state index in [1.165, 1.54) is 0 Å². The van der Waals surface area contributed by atoms with Gasteiger partial charge in [-0.2, -0.15) is 4.98 Å². The van der Waals surface area contributed by atoms with Gasteiger partial charge in [0.1, 0.15) is 11.6 Å². The lowest BCUT2D eigenvalue weighted by Crippen LogP contribution is -2.47. The molecule has 27 heavy (non-hydrogen) atoms. The molecule has 1 atom stereocenters. The van der Waals surface area contributed by atoms with E-state index < -0.39 is 0 Å². The molecule has 2 saturated heterocycles. The molecular formula is C19H27N7O. The SMILES string of the molecule is Cc1cncc(N2CCCC(N(C)c3nccc(N4CCOCC4)n3)C2)n1. The van der Waals surface area contributed by atoms with E-state index >= 15 is 0 Å². The molecular weight excluding hydrogens is 342 g/mol. The number of aromatic nitrogens is 4. The van der Waals surface area contributed by atoms with Crippen LogP contribution in [0, 0.1) is 6.92 Å². The third kappa shape index (κ3) is 4.10. The Balaban J connectivity index is 1.48. The van der Waals surface area contributed by atoms with Crippen LogP contribution in [0.25, 0.3) is 0 Å². The molecule has 8 nitrogen and oxygen atoms in total. The second-order valence-electron chi connectivity index (χ2n) is 7.19. The molecule has 8 heteroatoms. The number of aryl methyl sites for hydroxylation is 1. The average Bonchev–Trinajstić information content (AvgIpc) is 2.74. The standard InChI is InChI=1S/C19H27N7O/c1-15-12-20-13-18(22-15)26-7-3-4-16(14-26)24(2)19-21-6-5-17(23-19)25-8-10-27-11-9-25/h5-6,12-13,16H,3-4,7-11,14H2,1-2H3. The lowest BCUT2D eigenvalue weighted by atomic mass is 10.0. The molecule has 0 bridgehead atoms. The monoisotopic (exact) mass is 369 g/mol. The number of ether oxygens (including phenoxy) is 1. The summed E-state index contributed by atoms with van der Waals surface area (Å²) in [7, 11) is 2.09. The molecule has 0 radical (unpaired) electrons. The number of likely N-dealkylation sites (N-methyl/N-ethyl adjacent to an activating group) is 1. The first-order chi connectivity index (χ1) is 13.2. The second-order valence-corrected chi connectivity index (χ2v) is 7.19. The molecule has 0 aromatic carbocycles. The van der Waals surface area contributed by atoms with Crippen LogP contribution in [0.5, 0.6) is 0 Å². The smallest absolute Gasteiger partial charge is 0.227 e. The highest BCUT2D eigenvalue weighted by Gasteiger charge is 2.26. The van der Waals surface area contributed by atoms with Gasteiger partial charge in [0.2, 0.25) is 5.95 Å². The third-order valence-electron chi connectivity index (χ3n) is 5.29. The molecule has 2 aromatic heterocycles. The van der Waals surface area contributed by atoms with E-state index in [2.05, 4.69) is 36.7 Å². The van der Waals surface area contributed by atoms with Crippen molar-refractivity contribution in [2.75, 3.05) is 61.1 Å². The lowest BCUT2D eigenvalue weighted by molar-refractivity contribution is 0.122. The van der Waals surface area contributed by atoms with Crippen molar-refractivity contribution in [3.8, 4) is 0 Å². The van der Waals surface area contributed by atoms with Crippen molar-refractivity contribution in [1.82, 2.24) is 19.9 Å². The van der Waals surface area contributed by atoms with Crippen LogP contribution in [0.4, 0.5) is 17.6 Å². The molecule has 0 saturated carbocycles. The maximum atomic E-state index is 5.44. The van der Waals surface area contributed by atoms with Crippen LogP contribution < -0.4 is 14.7 Å². The topological polar surface area (TPSA) is 70.5 Å². The van der Waals surface area contributed by atoms with Crippen LogP contribution >= 0.6 is 0 Å². The summed E-state index contributed by atoms with van der Waals surface area (Å²) in [5.74, 6) is 2.71. The van der Waals surface area contributed by atoms with E-state index in [1.807, 2.05) is 25.4 Å². The Hall–Kier alpha value is -2.48. The van der Waals surface area contributed by atoms with Gasteiger partial charge in [-0.1, -0.05) is 0 Å². The van der Waals surface area contributed by atoms with Gasteiger partial charge in [-0.3, -0.25) is 4.98 Å². The molecule has 4 rings (SSSR count). The van der Waals surface area contributed by atoms with Gasteiger partial charge < -0.3 is 19.4 Å². The number of hydrogen-bond acceptors (Lipinski definition) is 8. The van der Waals surface area contributed by atoms with Gasteiger partial charge in [0.15, 0.2) is 0 Å². The van der Waals surface area contributed by atoms with E-state index in [-0.39, 0.29) is 0 Å². The normalized spacial score (nSPS) is 20.6. The van der Waals surface area contributed by atoms with E-state index in [0.717, 1.165) is 75.5 Å². The summed E-state index contributed by atoms with van der Waals surface area (Å²) < 4.78 is 5.44. The zero-order chi connectivity index (χ0) is 18.6. The number of piperidine rings is 1. The Morgan fingerprint density at radius 2 is 1.93 bits per heavy atom. The number of morpholine rings is 1. The molecule has 0 spiro atoms. The fraction of sp³-hybridized carbons (Fsp3) is 0.579. The fourth-order valence-electron chi connectivity index (χ4n) is 3.72. The van der Waals surface area contributed by atoms with Crippen LogP contribution in [-0.4, -0.2) is 72.4 Å². The molecule has 2 aromatic rings. The predicted octanol–water partition coefficient (Wildman–Crippen LogP) is 1.52. The van der Waals surface area contributed by atoms with E-state index in [1.54, 1.807) is 6.20 Å². The molecule has 144 valence electrons. The van der Waals surface area contributed by atoms with Crippen LogP contribution in [0.2, 0.25) is 0 Å². The summed E-state index contributed by atoms with van der Waals surface area (Å²) in [6, 6.07) is 2.33. The average molecular weight is 369 g/mol. The summed E-state index contributed by atoms with van der Waals surface area (Å²) in [5.41, 5.74) is 0.949. The predicted molar refractivity (Wildman–Crippen MR) is 105 cm³/mol. The van der Waals surface area contributed by atoms with Crippen molar-refractivity contribution in [1.29, 1.82) is 0 Å². The minimum Gasteiger partial charge on any atom is -0.378 e. The Morgan fingerprint density at radius 1 is 1.07 bits per heavy atom. The fourth-order valence-corrected chi connectivity index (χ4v) is 3.72. The highest BCUT2D eigenvalue weighted by molar-refractivity contribution is 5.45. The van der Waals surface area contributed by atoms with Crippen molar-refractivity contribution in [3.05, 3.63) is 30.4 Å². The van der Waals surface area contributed by atoms with Gasteiger partial charge >= 0.3 is 0 Å². The zero-order valence-corrected chi connectivity index (χ0v) is 16.1. The third-order valence-corrected chi connectivity index (χ3v) is 5.29. The zero-order valence-electron chi connectivity index (χ0n) is 16.1. The number of rotatable bonds is 4. The molecule has 0 N–H and O–H groups in total. The highest BCUT2D eigenvalue weighted by atomic mass is 16.5. The van der Waals surface area contributed by atoms with Gasteiger partial charge in [-0.15, -0.1) is 0 Å². The minimum atomic E-state index is 0.348. The Bertz CT molecular complexity index is 765. The van der Waals surface area contributed by atoms with Crippen molar-refractivity contribution < 1.29 is 4.74 Å². The van der Waals surface area contributed by atoms with Crippen molar-refractivity contribution in [2.24, 2.45) is 0 Å². The number of hydrogen-bond donors (Lipinski definition) is 0. The van der Waals surface area contributed by atoms with Crippen LogP contribution in [0.15, 0.2) is 24.7 Å². The number of nitrogens with zero attached hydrogens (tertiary/aromatic N) is 7. The molecule has 4 heterocycles. The summed E-state index contributed by atoms with van der Waals surface area (Å²) >= 11 is 0. The molecule has 2 fully saturated rings. The molecule has 2 aliphatic rings. The van der Waals surface area contributed by atoms with Crippen molar-refractivity contribution >= 4 is 17.6 Å². The van der Waals surface area contributed by atoms with E-state index in [0.29, 0.717) is 6.04 Å². The summed E-state index contributed by atoms with van der Waals surface area (Å²) in [4.78, 5) is 25.1. The van der Waals surface area contributed by atoms with E-state index in [4.69, 9.17) is 9.72 Å².